The van der Waals surface area contributed by atoms with Crippen LogP contribution in [0, 0.1) is 11.8 Å². The maximum Gasteiger partial charge on any atom is 0.166 e. The number of halogens is 1. The molecule has 1 atom stereocenters. The topological polar surface area (TPSA) is 29.5 Å². The Bertz CT molecular complexity index is 569. The largest absolute Gasteiger partial charge is 0.497 e. The first kappa shape index (κ1) is 20.3. The van der Waals surface area contributed by atoms with Gasteiger partial charge in [0.15, 0.2) is 5.78 Å². The smallest absolute Gasteiger partial charge is 0.166 e. The van der Waals surface area contributed by atoms with Crippen molar-refractivity contribution in [2.75, 3.05) is 27.2 Å². The van der Waals surface area contributed by atoms with E-state index < -0.39 is 0 Å². The van der Waals surface area contributed by atoms with Crippen molar-refractivity contribution in [3.05, 3.63) is 29.3 Å². The molecule has 2 aliphatic carbocycles. The highest BCUT2D eigenvalue weighted by Gasteiger charge is 2.27. The van der Waals surface area contributed by atoms with Crippen LogP contribution in [0.4, 0.5) is 0 Å². The Balaban J connectivity index is 0.00000225. The van der Waals surface area contributed by atoms with Gasteiger partial charge in [-0.3, -0.25) is 4.79 Å². The van der Waals surface area contributed by atoms with Crippen molar-refractivity contribution in [2.24, 2.45) is 11.8 Å². The van der Waals surface area contributed by atoms with Gasteiger partial charge < -0.3 is 9.64 Å². The third-order valence-corrected chi connectivity index (χ3v) is 5.86. The van der Waals surface area contributed by atoms with Crippen LogP contribution in [0.1, 0.15) is 60.9 Å². The summed E-state index contributed by atoms with van der Waals surface area (Å²) in [6, 6.07) is 5.89. The van der Waals surface area contributed by atoms with Crippen molar-refractivity contribution in [2.45, 2.75) is 51.4 Å². The molecule has 1 saturated carbocycles. The van der Waals surface area contributed by atoms with Gasteiger partial charge in [-0.15, -0.1) is 12.4 Å². The number of ether oxygens (including phenoxy) is 1. The fourth-order valence-corrected chi connectivity index (χ4v) is 4.38. The van der Waals surface area contributed by atoms with Crippen LogP contribution in [0.25, 0.3) is 0 Å². The van der Waals surface area contributed by atoms with E-state index in [9.17, 15) is 4.79 Å². The molecule has 0 aromatic heterocycles. The third-order valence-electron chi connectivity index (χ3n) is 5.86. The summed E-state index contributed by atoms with van der Waals surface area (Å²) in [4.78, 5) is 15.2. The molecule has 0 spiro atoms. The quantitative estimate of drug-likeness (QED) is 0.727. The number of rotatable bonds is 6. The Kier molecular flexibility index (Phi) is 7.77. The number of nitrogens with zero attached hydrogens (tertiary/aromatic N) is 1. The molecule has 0 amide bonds. The number of methoxy groups -OCH3 is 1. The van der Waals surface area contributed by atoms with Crippen LogP contribution in [0.2, 0.25) is 0 Å². The van der Waals surface area contributed by atoms with E-state index in [-0.39, 0.29) is 18.3 Å². The Hall–Kier alpha value is -1.06. The summed E-state index contributed by atoms with van der Waals surface area (Å²) >= 11 is 0. The molecule has 0 aliphatic heterocycles. The number of hydrogen-bond donors (Lipinski definition) is 0. The predicted octanol–water partition coefficient (Wildman–Crippen LogP) is 4.76. The minimum Gasteiger partial charge on any atom is -0.497 e. The van der Waals surface area contributed by atoms with Gasteiger partial charge in [-0.2, -0.15) is 0 Å². The van der Waals surface area contributed by atoms with E-state index in [2.05, 4.69) is 11.9 Å². The molecule has 0 radical (unpaired) electrons. The number of Topliss-reactive ketones (excluding diaryl/α,β-unsaturated/α-hetero) is 1. The second-order valence-electron chi connectivity index (χ2n) is 7.68. The molecule has 1 aromatic rings. The Morgan fingerprint density at radius 3 is 2.64 bits per heavy atom. The van der Waals surface area contributed by atoms with E-state index in [1.165, 1.54) is 38.6 Å². The number of aryl methyl sites for hydroxylation is 1. The zero-order valence-electron chi connectivity index (χ0n) is 15.6. The van der Waals surface area contributed by atoms with Crippen LogP contribution < -0.4 is 4.74 Å². The van der Waals surface area contributed by atoms with Gasteiger partial charge in [0.05, 0.1) is 7.11 Å². The molecule has 1 aromatic carbocycles. The molecule has 25 heavy (non-hydrogen) atoms. The molecular weight excluding hydrogens is 334 g/mol. The summed E-state index contributed by atoms with van der Waals surface area (Å²) in [6.07, 6.45) is 9.98. The molecule has 0 N–H and O–H groups in total. The molecule has 1 fully saturated rings. The SMILES string of the molecule is COc1ccc2c(c1)CCC(CCN(C)CC1CCCCC1)C2=O.Cl. The first-order valence-corrected chi connectivity index (χ1v) is 9.57. The zero-order valence-corrected chi connectivity index (χ0v) is 16.4. The van der Waals surface area contributed by atoms with Crippen molar-refractivity contribution in [3.63, 3.8) is 0 Å². The maximum atomic E-state index is 12.8. The maximum absolute atomic E-state index is 12.8. The van der Waals surface area contributed by atoms with Gasteiger partial charge in [-0.25, -0.2) is 0 Å². The molecule has 140 valence electrons. The first-order valence-electron chi connectivity index (χ1n) is 9.57. The van der Waals surface area contributed by atoms with Crippen LogP contribution >= 0.6 is 12.4 Å². The molecule has 3 rings (SSSR count). The average molecular weight is 366 g/mol. The predicted molar refractivity (Wildman–Crippen MR) is 105 cm³/mol. The first-order chi connectivity index (χ1) is 11.7. The molecule has 2 aliphatic rings. The zero-order chi connectivity index (χ0) is 16.9. The second-order valence-corrected chi connectivity index (χ2v) is 7.68. The van der Waals surface area contributed by atoms with Crippen LogP contribution in [-0.2, 0) is 6.42 Å². The normalized spacial score (nSPS) is 20.9. The van der Waals surface area contributed by atoms with Crippen LogP contribution in [0.5, 0.6) is 5.75 Å². The lowest BCUT2D eigenvalue weighted by atomic mass is 9.81. The molecule has 1 unspecified atom stereocenters. The molecule has 0 bridgehead atoms. The van der Waals surface area contributed by atoms with Gasteiger partial charge in [-0.05, 0) is 75.4 Å². The number of benzene rings is 1. The molecule has 4 heteroatoms. The third kappa shape index (κ3) is 5.21. The lowest BCUT2D eigenvalue weighted by Gasteiger charge is -2.29. The second kappa shape index (κ2) is 9.59. The van der Waals surface area contributed by atoms with Crippen molar-refractivity contribution < 1.29 is 9.53 Å². The average Bonchev–Trinajstić information content (AvgIpc) is 2.61. The highest BCUT2D eigenvalue weighted by Crippen LogP contribution is 2.30. The van der Waals surface area contributed by atoms with Crippen LogP contribution in [0.15, 0.2) is 18.2 Å². The van der Waals surface area contributed by atoms with E-state index in [4.69, 9.17) is 4.74 Å². The highest BCUT2D eigenvalue weighted by atomic mass is 35.5. The van der Waals surface area contributed by atoms with Crippen molar-refractivity contribution in [1.29, 1.82) is 0 Å². The number of ketones is 1. The summed E-state index contributed by atoms with van der Waals surface area (Å²) in [5.74, 6) is 2.26. The van der Waals surface area contributed by atoms with Gasteiger partial charge in [0.2, 0.25) is 0 Å². The highest BCUT2D eigenvalue weighted by molar-refractivity contribution is 6.00. The lowest BCUT2D eigenvalue weighted by Crippen LogP contribution is -2.31. The number of fused-ring (bicyclic) bond motifs is 1. The molecule has 0 heterocycles. The van der Waals surface area contributed by atoms with Gasteiger partial charge in [0.1, 0.15) is 5.75 Å². The van der Waals surface area contributed by atoms with Crippen molar-refractivity contribution in [1.82, 2.24) is 4.90 Å². The molecular formula is C21H32ClNO2. The Morgan fingerprint density at radius 2 is 1.92 bits per heavy atom. The van der Waals surface area contributed by atoms with Crippen LogP contribution in [-0.4, -0.2) is 37.9 Å². The number of carbonyl (C=O) groups excluding carboxylic acids is 1. The Labute approximate surface area is 158 Å². The van der Waals surface area contributed by atoms with E-state index >= 15 is 0 Å². The number of carbonyl (C=O) groups is 1. The van der Waals surface area contributed by atoms with E-state index in [1.54, 1.807) is 7.11 Å². The Morgan fingerprint density at radius 1 is 1.16 bits per heavy atom. The van der Waals surface area contributed by atoms with Gasteiger partial charge in [-0.1, -0.05) is 19.3 Å². The molecule has 3 nitrogen and oxygen atoms in total. The van der Waals surface area contributed by atoms with Crippen molar-refractivity contribution in [3.8, 4) is 5.75 Å². The minimum absolute atomic E-state index is 0. The van der Waals surface area contributed by atoms with Gasteiger partial charge in [0, 0.05) is 18.0 Å². The fraction of sp³-hybridized carbons (Fsp3) is 0.667. The van der Waals surface area contributed by atoms with E-state index in [1.807, 2.05) is 18.2 Å². The van der Waals surface area contributed by atoms with Gasteiger partial charge >= 0.3 is 0 Å². The summed E-state index contributed by atoms with van der Waals surface area (Å²) in [6.45, 7) is 2.24. The fourth-order valence-electron chi connectivity index (χ4n) is 4.38. The van der Waals surface area contributed by atoms with E-state index in [0.29, 0.717) is 5.78 Å². The van der Waals surface area contributed by atoms with E-state index in [0.717, 1.165) is 48.6 Å². The summed E-state index contributed by atoms with van der Waals surface area (Å²) in [5, 5.41) is 0. The summed E-state index contributed by atoms with van der Waals surface area (Å²) < 4.78 is 5.28. The monoisotopic (exact) mass is 365 g/mol. The number of hydrogen-bond acceptors (Lipinski definition) is 3. The summed E-state index contributed by atoms with van der Waals surface area (Å²) in [5.41, 5.74) is 2.08. The van der Waals surface area contributed by atoms with Crippen molar-refractivity contribution >= 4 is 18.2 Å². The minimum atomic E-state index is 0. The van der Waals surface area contributed by atoms with Gasteiger partial charge in [0.25, 0.3) is 0 Å². The lowest BCUT2D eigenvalue weighted by molar-refractivity contribution is 0.0883. The molecule has 0 saturated heterocycles. The summed E-state index contributed by atoms with van der Waals surface area (Å²) in [7, 11) is 3.90. The standard InChI is InChI=1S/C21H31NO2.ClH/c1-22(15-16-6-4-3-5-7-16)13-12-17-8-9-18-14-19(24-2)10-11-20(18)21(17)23;/h10-11,14,16-17H,3-9,12-13,15H2,1-2H3;1H. The van der Waals surface area contributed by atoms with Crippen LogP contribution in [0.3, 0.4) is 0 Å².